The number of piperidine rings is 1. The van der Waals surface area contributed by atoms with Crippen LogP contribution >= 0.6 is 11.8 Å². The van der Waals surface area contributed by atoms with E-state index in [0.717, 1.165) is 11.3 Å². The highest BCUT2D eigenvalue weighted by molar-refractivity contribution is 7.99. The number of Topliss-reactive ketones (excluding diaryl/α,β-unsaturated/α-hetero) is 3. The molecule has 4 rings (SSSR count). The van der Waals surface area contributed by atoms with Crippen molar-refractivity contribution in [1.82, 2.24) is 4.90 Å². The van der Waals surface area contributed by atoms with Crippen LogP contribution in [0.15, 0.2) is 47.6 Å². The number of fused-ring (bicyclic) bond motifs is 3. The third-order valence-electron chi connectivity index (χ3n) is 15.2. The average molecular weight is 1020 g/mol. The van der Waals surface area contributed by atoms with Crippen LogP contribution in [0.4, 0.5) is 0 Å². The average Bonchev–Trinajstić information content (AvgIpc) is 3.35. The Kier molecular flexibility index (Phi) is 24.4. The van der Waals surface area contributed by atoms with Gasteiger partial charge in [-0.2, -0.15) is 11.8 Å². The summed E-state index contributed by atoms with van der Waals surface area (Å²) in [6.07, 6.45) is 11.1. The Morgan fingerprint density at radius 1 is 0.887 bits per heavy atom. The molecule has 1 saturated carbocycles. The predicted octanol–water partition coefficient (Wildman–Crippen LogP) is 7.48. The summed E-state index contributed by atoms with van der Waals surface area (Å²) < 4.78 is 35.6. The number of aliphatic hydroxyl groups excluding tert-OH is 1. The number of ether oxygens (including phenoxy) is 6. The monoisotopic (exact) mass is 1020 g/mol. The molecule has 0 aromatic rings. The highest BCUT2D eigenvalue weighted by Gasteiger charge is 2.53. The first-order chi connectivity index (χ1) is 33.7. The van der Waals surface area contributed by atoms with E-state index in [1.165, 1.54) is 23.8 Å². The van der Waals surface area contributed by atoms with Crippen molar-refractivity contribution in [1.29, 1.82) is 0 Å². The van der Waals surface area contributed by atoms with Crippen molar-refractivity contribution in [2.75, 3.05) is 39.4 Å². The smallest absolute Gasteiger partial charge is 0.329 e. The van der Waals surface area contributed by atoms with E-state index in [0.29, 0.717) is 69.8 Å². The normalized spacial score (nSPS) is 37.9. The van der Waals surface area contributed by atoms with Gasteiger partial charge in [0.15, 0.2) is 5.78 Å². The van der Waals surface area contributed by atoms with Gasteiger partial charge in [0, 0.05) is 58.5 Å². The highest BCUT2D eigenvalue weighted by Crippen LogP contribution is 2.38. The molecule has 71 heavy (non-hydrogen) atoms. The number of hydrogen-bond donors (Lipinski definition) is 2. The van der Waals surface area contributed by atoms with Crippen LogP contribution in [-0.4, -0.2) is 144 Å². The Morgan fingerprint density at radius 2 is 1.62 bits per heavy atom. The molecular formula is C55H85NO14S. The van der Waals surface area contributed by atoms with Gasteiger partial charge >= 0.3 is 11.9 Å². The molecule has 1 aliphatic carbocycles. The lowest BCUT2D eigenvalue weighted by Crippen LogP contribution is -2.61. The second-order valence-electron chi connectivity index (χ2n) is 20.7. The second kappa shape index (κ2) is 28.8. The fraction of sp³-hybridized carbons (Fsp3) is 0.745. The van der Waals surface area contributed by atoms with E-state index in [2.05, 4.69) is 0 Å². The van der Waals surface area contributed by atoms with Crippen LogP contribution in [0.25, 0.3) is 0 Å². The van der Waals surface area contributed by atoms with Gasteiger partial charge in [0.05, 0.1) is 24.1 Å². The van der Waals surface area contributed by atoms with Crippen molar-refractivity contribution in [3.63, 3.8) is 0 Å². The number of ketones is 3. The maximum atomic E-state index is 14.5. The summed E-state index contributed by atoms with van der Waals surface area (Å²) in [6, 6.07) is -1.16. The SMILES string of the molecule is CCSCC(=O)O[C@@H]1CC[C@@H](C[C@@H](C)[C@@H]2CC(=O)[C@H](C)/C=C(\C)[C@@H](O)[C@@H](OC)C(=O)[C@H](C)C[C@H](C)/C=C/C=C/C=C(\C)[C@@H](OC)C[C@@H]3CC[C@@H](C)[C@@](O)(O3)C(=O)C(=O)N3CCCC[C@H]3C(=O)O2)C[C@H]1OC. The van der Waals surface area contributed by atoms with E-state index in [1.807, 2.05) is 65.0 Å². The number of esters is 2. The molecule has 400 valence electrons. The number of thioether (sulfide) groups is 1. The number of hydrogen-bond acceptors (Lipinski definition) is 15. The van der Waals surface area contributed by atoms with Gasteiger partial charge in [-0.15, -0.1) is 0 Å². The molecule has 15 nitrogen and oxygen atoms in total. The minimum Gasteiger partial charge on any atom is -0.460 e. The van der Waals surface area contributed by atoms with Gasteiger partial charge in [0.2, 0.25) is 5.79 Å². The lowest BCUT2D eigenvalue weighted by atomic mass is 9.78. The summed E-state index contributed by atoms with van der Waals surface area (Å²) in [5.41, 5.74) is 1.25. The molecule has 2 bridgehead atoms. The lowest BCUT2D eigenvalue weighted by molar-refractivity contribution is -0.265. The first-order valence-electron chi connectivity index (χ1n) is 25.9. The summed E-state index contributed by atoms with van der Waals surface area (Å²) in [6.45, 7) is 14.7. The highest BCUT2D eigenvalue weighted by atomic mass is 32.2. The van der Waals surface area contributed by atoms with E-state index in [-0.39, 0.29) is 66.5 Å². The first-order valence-corrected chi connectivity index (χ1v) is 27.1. The van der Waals surface area contributed by atoms with Gasteiger partial charge in [-0.3, -0.25) is 24.0 Å². The quantitative estimate of drug-likeness (QED) is 0.124. The molecule has 3 fully saturated rings. The molecule has 15 atom stereocenters. The Morgan fingerprint density at radius 3 is 2.30 bits per heavy atom. The van der Waals surface area contributed by atoms with Crippen molar-refractivity contribution >= 4 is 47.0 Å². The van der Waals surface area contributed by atoms with Crippen molar-refractivity contribution < 1.29 is 67.4 Å². The number of amides is 1. The molecule has 4 aliphatic rings. The minimum atomic E-state index is -2.44. The van der Waals surface area contributed by atoms with Gasteiger partial charge in [0.1, 0.15) is 36.2 Å². The summed E-state index contributed by atoms with van der Waals surface area (Å²) in [4.78, 5) is 84.9. The maximum absolute atomic E-state index is 14.5. The van der Waals surface area contributed by atoms with Crippen LogP contribution in [0, 0.1) is 35.5 Å². The zero-order chi connectivity index (χ0) is 52.6. The summed E-state index contributed by atoms with van der Waals surface area (Å²) >= 11 is 1.49. The standard InChI is InChI=1S/C55H85NO14S/c1-12-71-32-48(58)68-44-24-22-40(29-47(44)66-10)28-36(5)46-31-43(57)35(4)27-38(7)50(60)51(67-11)49(59)37(6)26-33(2)18-14-13-15-19-34(3)45(65-9)30-41-23-21-39(8)55(64,70-41)52(61)53(62)56-25-17-16-20-42(56)54(63)69-46/h13-15,18-19,27,33,35-37,39-42,44-47,50-51,60,64H,12,16-17,20-26,28-32H2,1-11H3/b15-13+,18-14+,34-19+,38-27+/t33-,35-,36-,37-,39-,40+,41+,42+,44-,45+,46+,47-,50-,51+,55-/m1/s1. The first kappa shape index (κ1) is 60.0. The third kappa shape index (κ3) is 16.7. The fourth-order valence-corrected chi connectivity index (χ4v) is 11.1. The van der Waals surface area contributed by atoms with Crippen molar-refractivity contribution in [3.05, 3.63) is 47.6 Å². The molecule has 3 aliphatic heterocycles. The van der Waals surface area contributed by atoms with E-state index >= 15 is 0 Å². The number of rotatable bonds is 10. The number of nitrogens with zero attached hydrogens (tertiary/aromatic N) is 1. The number of methoxy groups -OCH3 is 3. The Balaban J connectivity index is 1.69. The molecular weight excluding hydrogens is 931 g/mol. The molecule has 0 unspecified atom stereocenters. The summed E-state index contributed by atoms with van der Waals surface area (Å²) in [5.74, 6) is -7.39. The van der Waals surface area contributed by atoms with Crippen molar-refractivity contribution in [2.24, 2.45) is 35.5 Å². The van der Waals surface area contributed by atoms with Gasteiger partial charge in [-0.05, 0) is 113 Å². The zero-order valence-electron chi connectivity index (χ0n) is 44.3. The number of allylic oxidation sites excluding steroid dienone is 6. The van der Waals surface area contributed by atoms with Crippen LogP contribution in [0.3, 0.4) is 0 Å². The predicted molar refractivity (Wildman–Crippen MR) is 272 cm³/mol. The van der Waals surface area contributed by atoms with E-state index in [1.54, 1.807) is 41.1 Å². The van der Waals surface area contributed by atoms with Gasteiger partial charge in [0.25, 0.3) is 11.7 Å². The molecule has 1 amide bonds. The molecule has 0 aromatic heterocycles. The summed E-state index contributed by atoms with van der Waals surface area (Å²) in [7, 11) is 4.54. The van der Waals surface area contributed by atoms with Gasteiger partial charge < -0.3 is 43.5 Å². The lowest BCUT2D eigenvalue weighted by Gasteiger charge is -2.42. The molecule has 0 spiro atoms. The van der Waals surface area contributed by atoms with Crippen molar-refractivity contribution in [3.8, 4) is 0 Å². The Hall–Kier alpha value is -3.51. The molecule has 3 heterocycles. The number of carbonyl (C=O) groups is 6. The van der Waals surface area contributed by atoms with E-state index in [9.17, 15) is 39.0 Å². The van der Waals surface area contributed by atoms with E-state index < -0.39 is 83.9 Å². The van der Waals surface area contributed by atoms with Crippen LogP contribution in [0.5, 0.6) is 0 Å². The molecule has 2 saturated heterocycles. The Bertz CT molecular complexity index is 1930. The number of cyclic esters (lactones) is 1. The maximum Gasteiger partial charge on any atom is 0.329 e. The fourth-order valence-electron chi connectivity index (χ4n) is 10.6. The van der Waals surface area contributed by atoms with Crippen LogP contribution in [0.1, 0.15) is 132 Å². The van der Waals surface area contributed by atoms with Crippen LogP contribution < -0.4 is 0 Å². The summed E-state index contributed by atoms with van der Waals surface area (Å²) in [5, 5.41) is 23.5. The van der Waals surface area contributed by atoms with Crippen molar-refractivity contribution in [2.45, 2.75) is 187 Å². The Labute approximate surface area is 427 Å². The van der Waals surface area contributed by atoms with Gasteiger partial charge in [-0.1, -0.05) is 78.0 Å². The van der Waals surface area contributed by atoms with Gasteiger partial charge in [-0.25, -0.2) is 4.79 Å². The minimum absolute atomic E-state index is 0.00967. The largest absolute Gasteiger partial charge is 0.460 e. The molecule has 0 aromatic carbocycles. The zero-order valence-corrected chi connectivity index (χ0v) is 45.1. The molecule has 16 heteroatoms. The molecule has 0 radical (unpaired) electrons. The van der Waals surface area contributed by atoms with Crippen LogP contribution in [-0.2, 0) is 57.2 Å². The molecule has 2 N–H and O–H groups in total. The number of carbonyl (C=O) groups excluding carboxylic acids is 6. The topological polar surface area (TPSA) is 201 Å². The second-order valence-corrected chi connectivity index (χ2v) is 22.0. The van der Waals surface area contributed by atoms with E-state index in [4.69, 9.17) is 28.4 Å². The van der Waals surface area contributed by atoms with Crippen LogP contribution in [0.2, 0.25) is 0 Å². The number of aliphatic hydroxyl groups is 2. The third-order valence-corrected chi connectivity index (χ3v) is 16.0.